The molecule has 1 fully saturated rings. The van der Waals surface area contributed by atoms with Crippen LogP contribution in [-0.4, -0.2) is 22.2 Å². The zero-order valence-electron chi connectivity index (χ0n) is 11.1. The number of thioether (sulfide) groups is 1. The van der Waals surface area contributed by atoms with Crippen molar-refractivity contribution in [1.29, 1.82) is 0 Å². The molecule has 2 aromatic carbocycles. The van der Waals surface area contributed by atoms with Crippen molar-refractivity contribution in [1.82, 2.24) is 0 Å². The maximum atomic E-state index is 9.92. The van der Waals surface area contributed by atoms with Gasteiger partial charge in [-0.25, -0.2) is 0 Å². The Morgan fingerprint density at radius 3 is 2.79 bits per heavy atom. The van der Waals surface area contributed by atoms with Crippen LogP contribution in [-0.2, 0) is 0 Å². The molecule has 0 spiro atoms. The molecule has 2 atom stereocenters. The largest absolute Gasteiger partial charge is 0.507 e. The van der Waals surface area contributed by atoms with Gasteiger partial charge in [0.25, 0.3) is 0 Å². The van der Waals surface area contributed by atoms with Crippen molar-refractivity contribution < 1.29 is 5.11 Å². The second-order valence-electron chi connectivity index (χ2n) is 5.15. The van der Waals surface area contributed by atoms with Gasteiger partial charge in [-0.15, -0.1) is 0 Å². The highest BCUT2D eigenvalue weighted by molar-refractivity contribution is 8.00. The molecule has 0 aliphatic carbocycles. The van der Waals surface area contributed by atoms with Gasteiger partial charge in [0.1, 0.15) is 5.75 Å². The van der Waals surface area contributed by atoms with Crippen molar-refractivity contribution in [3.05, 3.63) is 36.4 Å². The molecular weight excluding hydrogens is 254 g/mol. The molecule has 2 aromatic rings. The lowest BCUT2D eigenvalue weighted by atomic mass is 10.0. The molecule has 0 saturated carbocycles. The van der Waals surface area contributed by atoms with Crippen molar-refractivity contribution >= 4 is 28.2 Å². The highest BCUT2D eigenvalue weighted by atomic mass is 32.2. The van der Waals surface area contributed by atoms with E-state index in [1.807, 2.05) is 30.0 Å². The summed E-state index contributed by atoms with van der Waals surface area (Å²) in [5.41, 5.74) is 1.13. The Kier molecular flexibility index (Phi) is 3.56. The van der Waals surface area contributed by atoms with Gasteiger partial charge in [0.2, 0.25) is 0 Å². The molecule has 3 heteroatoms. The first kappa shape index (κ1) is 12.7. The molecule has 1 saturated heterocycles. The van der Waals surface area contributed by atoms with Crippen LogP contribution >= 0.6 is 11.8 Å². The minimum atomic E-state index is 0.354. The second kappa shape index (κ2) is 5.33. The summed E-state index contributed by atoms with van der Waals surface area (Å²) in [6.45, 7) is 2.30. The zero-order valence-corrected chi connectivity index (χ0v) is 11.9. The number of hydrogen-bond acceptors (Lipinski definition) is 3. The van der Waals surface area contributed by atoms with Crippen LogP contribution in [0.15, 0.2) is 36.4 Å². The number of phenolic OH excluding ortho intramolecular Hbond substituents is 1. The summed E-state index contributed by atoms with van der Waals surface area (Å²) >= 11 is 2.04. The van der Waals surface area contributed by atoms with E-state index in [-0.39, 0.29) is 0 Å². The number of rotatable bonds is 2. The highest BCUT2D eigenvalue weighted by Crippen LogP contribution is 2.33. The van der Waals surface area contributed by atoms with Crippen LogP contribution in [0.4, 0.5) is 5.69 Å². The molecule has 1 aliphatic heterocycles. The van der Waals surface area contributed by atoms with Crippen molar-refractivity contribution in [2.45, 2.75) is 31.1 Å². The van der Waals surface area contributed by atoms with Gasteiger partial charge in [0.05, 0.1) is 0 Å². The standard InChI is InChI=1S/C16H19NOS/c1-11-14(8-4-10-19-11)17-15-7-2-6-13-12(15)5-3-9-16(13)18/h2-3,5-7,9,11,14,17-18H,4,8,10H2,1H3. The molecule has 0 aromatic heterocycles. The average Bonchev–Trinajstić information content (AvgIpc) is 2.42. The molecular formula is C16H19NOS. The van der Waals surface area contributed by atoms with E-state index >= 15 is 0 Å². The molecule has 100 valence electrons. The van der Waals surface area contributed by atoms with E-state index in [0.29, 0.717) is 17.0 Å². The minimum absolute atomic E-state index is 0.354. The van der Waals surface area contributed by atoms with Crippen LogP contribution in [0.25, 0.3) is 10.8 Å². The molecule has 0 bridgehead atoms. The predicted molar refractivity (Wildman–Crippen MR) is 84.2 cm³/mol. The Labute approximate surface area is 118 Å². The summed E-state index contributed by atoms with van der Waals surface area (Å²) < 4.78 is 0. The van der Waals surface area contributed by atoms with Crippen molar-refractivity contribution in [3.63, 3.8) is 0 Å². The third-order valence-electron chi connectivity index (χ3n) is 3.85. The van der Waals surface area contributed by atoms with Gasteiger partial charge in [-0.1, -0.05) is 31.2 Å². The number of benzene rings is 2. The number of fused-ring (bicyclic) bond motifs is 1. The highest BCUT2D eigenvalue weighted by Gasteiger charge is 2.22. The van der Waals surface area contributed by atoms with Crippen LogP contribution in [0, 0.1) is 0 Å². The fraction of sp³-hybridized carbons (Fsp3) is 0.375. The second-order valence-corrected chi connectivity index (χ2v) is 6.63. The third-order valence-corrected chi connectivity index (χ3v) is 5.23. The van der Waals surface area contributed by atoms with Crippen molar-refractivity contribution in [3.8, 4) is 5.75 Å². The third kappa shape index (κ3) is 2.52. The van der Waals surface area contributed by atoms with Gasteiger partial charge < -0.3 is 10.4 Å². The number of phenols is 1. The van der Waals surface area contributed by atoms with Gasteiger partial charge in [-0.3, -0.25) is 0 Å². The van der Waals surface area contributed by atoms with Gasteiger partial charge in [-0.05, 0) is 30.7 Å². The number of anilines is 1. The fourth-order valence-electron chi connectivity index (χ4n) is 2.73. The Bertz CT molecular complexity index is 584. The van der Waals surface area contributed by atoms with E-state index in [4.69, 9.17) is 0 Å². The van der Waals surface area contributed by atoms with Crippen LogP contribution in [0.5, 0.6) is 5.75 Å². The predicted octanol–water partition coefficient (Wildman–Crippen LogP) is 4.24. The number of aromatic hydroxyl groups is 1. The lowest BCUT2D eigenvalue weighted by Gasteiger charge is -2.30. The summed E-state index contributed by atoms with van der Waals surface area (Å²) in [5.74, 6) is 1.63. The van der Waals surface area contributed by atoms with Crippen LogP contribution in [0.1, 0.15) is 19.8 Å². The molecule has 0 amide bonds. The topological polar surface area (TPSA) is 32.3 Å². The lowest BCUT2D eigenvalue weighted by molar-refractivity contribution is 0.481. The molecule has 2 nitrogen and oxygen atoms in total. The quantitative estimate of drug-likeness (QED) is 0.858. The molecule has 2 N–H and O–H groups in total. The molecule has 3 rings (SSSR count). The monoisotopic (exact) mass is 273 g/mol. The first-order chi connectivity index (χ1) is 9.25. The van der Waals surface area contributed by atoms with E-state index in [9.17, 15) is 5.11 Å². The van der Waals surface area contributed by atoms with Crippen LogP contribution < -0.4 is 5.32 Å². The Hall–Kier alpha value is -1.35. The number of nitrogens with one attached hydrogen (secondary N) is 1. The maximum absolute atomic E-state index is 9.92. The first-order valence-electron chi connectivity index (χ1n) is 6.84. The summed E-state index contributed by atoms with van der Waals surface area (Å²) in [7, 11) is 0. The van der Waals surface area contributed by atoms with Gasteiger partial charge in [-0.2, -0.15) is 11.8 Å². The minimum Gasteiger partial charge on any atom is -0.507 e. The van der Waals surface area contributed by atoms with E-state index in [1.54, 1.807) is 6.07 Å². The molecule has 1 aliphatic rings. The Morgan fingerprint density at radius 1 is 1.16 bits per heavy atom. The van der Waals surface area contributed by atoms with E-state index in [1.165, 1.54) is 18.6 Å². The SMILES string of the molecule is CC1SCCCC1Nc1cccc2c(O)cccc12. The smallest absolute Gasteiger partial charge is 0.123 e. The van der Waals surface area contributed by atoms with Crippen LogP contribution in [0.2, 0.25) is 0 Å². The van der Waals surface area contributed by atoms with Crippen molar-refractivity contribution in [2.24, 2.45) is 0 Å². The summed E-state index contributed by atoms with van der Waals surface area (Å²) in [6, 6.07) is 12.3. The summed E-state index contributed by atoms with van der Waals surface area (Å²) in [5, 5.41) is 16.3. The molecule has 2 unspecified atom stereocenters. The molecule has 0 radical (unpaired) electrons. The molecule has 1 heterocycles. The van der Waals surface area contributed by atoms with Gasteiger partial charge in [0.15, 0.2) is 0 Å². The lowest BCUT2D eigenvalue weighted by Crippen LogP contribution is -2.32. The van der Waals surface area contributed by atoms with Crippen LogP contribution in [0.3, 0.4) is 0 Å². The van der Waals surface area contributed by atoms with Gasteiger partial charge in [0, 0.05) is 27.8 Å². The van der Waals surface area contributed by atoms with Gasteiger partial charge >= 0.3 is 0 Å². The van der Waals surface area contributed by atoms with E-state index in [0.717, 1.165) is 16.5 Å². The Morgan fingerprint density at radius 2 is 1.95 bits per heavy atom. The molecule has 19 heavy (non-hydrogen) atoms. The summed E-state index contributed by atoms with van der Waals surface area (Å²) in [6.07, 6.45) is 2.51. The Balaban J connectivity index is 1.94. The van der Waals surface area contributed by atoms with Crippen molar-refractivity contribution in [2.75, 3.05) is 11.1 Å². The fourth-order valence-corrected chi connectivity index (χ4v) is 3.87. The summed E-state index contributed by atoms with van der Waals surface area (Å²) in [4.78, 5) is 0. The normalized spacial score (nSPS) is 23.4. The number of hydrogen-bond donors (Lipinski definition) is 2. The maximum Gasteiger partial charge on any atom is 0.123 e. The van der Waals surface area contributed by atoms with E-state index in [2.05, 4.69) is 24.4 Å². The van der Waals surface area contributed by atoms with E-state index < -0.39 is 0 Å². The average molecular weight is 273 g/mol. The first-order valence-corrected chi connectivity index (χ1v) is 7.89. The zero-order chi connectivity index (χ0) is 13.2.